The van der Waals surface area contributed by atoms with E-state index in [1.54, 1.807) is 0 Å². The maximum atomic E-state index is 6.69. The molecule has 0 aliphatic heterocycles. The Balaban J connectivity index is 1.62. The minimum atomic E-state index is -0.119. The predicted molar refractivity (Wildman–Crippen MR) is 122 cm³/mol. The number of ether oxygens (including phenoxy) is 1. The molecule has 2 aromatic carbocycles. The van der Waals surface area contributed by atoms with Crippen LogP contribution in [-0.4, -0.2) is 0 Å². The van der Waals surface area contributed by atoms with Gasteiger partial charge < -0.3 is 4.74 Å². The molecule has 0 heterocycles. The summed E-state index contributed by atoms with van der Waals surface area (Å²) >= 11 is 0. The lowest BCUT2D eigenvalue weighted by molar-refractivity contribution is 0.0389. The van der Waals surface area contributed by atoms with Gasteiger partial charge in [0.15, 0.2) is 0 Å². The van der Waals surface area contributed by atoms with Gasteiger partial charge in [-0.15, -0.1) is 13.2 Å². The molecule has 4 rings (SSSR count). The fraction of sp³-hybridized carbons (Fsp3) is 0.429. The molecule has 2 atom stereocenters. The van der Waals surface area contributed by atoms with Crippen LogP contribution in [0.15, 0.2) is 73.8 Å². The summed E-state index contributed by atoms with van der Waals surface area (Å²) in [6.07, 6.45) is 14.2. The van der Waals surface area contributed by atoms with Gasteiger partial charge in [0.2, 0.25) is 0 Å². The van der Waals surface area contributed by atoms with Gasteiger partial charge in [-0.3, -0.25) is 0 Å². The van der Waals surface area contributed by atoms with Crippen molar-refractivity contribution >= 4 is 0 Å². The lowest BCUT2D eigenvalue weighted by atomic mass is 9.89. The predicted octanol–water partition coefficient (Wildman–Crippen LogP) is 8.17. The number of benzene rings is 2. The van der Waals surface area contributed by atoms with Crippen molar-refractivity contribution in [2.24, 2.45) is 0 Å². The lowest BCUT2D eigenvalue weighted by Gasteiger charge is -2.27. The summed E-state index contributed by atoms with van der Waals surface area (Å²) in [6.45, 7) is 8.25. The first kappa shape index (κ1) is 20.2. The van der Waals surface area contributed by atoms with Crippen LogP contribution in [0.25, 0.3) is 0 Å². The van der Waals surface area contributed by atoms with E-state index in [9.17, 15) is 0 Å². The van der Waals surface area contributed by atoms with Crippen LogP contribution in [0.2, 0.25) is 0 Å². The lowest BCUT2D eigenvalue weighted by Crippen LogP contribution is -2.12. The zero-order chi connectivity index (χ0) is 20.1. The molecule has 0 bridgehead atoms. The van der Waals surface area contributed by atoms with Gasteiger partial charge in [0, 0.05) is 0 Å². The van der Waals surface area contributed by atoms with E-state index in [1.807, 2.05) is 12.2 Å². The Morgan fingerprint density at radius 3 is 1.41 bits per heavy atom. The van der Waals surface area contributed by atoms with E-state index >= 15 is 0 Å². The Bertz CT molecular complexity index is 754. The van der Waals surface area contributed by atoms with Crippen LogP contribution in [0.5, 0.6) is 0 Å². The Morgan fingerprint density at radius 1 is 0.655 bits per heavy atom. The minimum absolute atomic E-state index is 0.119. The third kappa shape index (κ3) is 4.41. The Morgan fingerprint density at radius 2 is 1.03 bits per heavy atom. The molecule has 29 heavy (non-hydrogen) atoms. The molecule has 2 aliphatic rings. The molecule has 0 amide bonds. The Hall–Kier alpha value is -2.12. The standard InChI is InChI=1S/C28H34O/c1-3-27(25-19-11-9-17-23(25)21-13-5-6-14-21)29-28(4-2)26-20-12-10-18-24(26)22-15-7-8-16-22/h3-4,9-12,17-22,27-28H,1-2,5-8,13-16H2. The van der Waals surface area contributed by atoms with Crippen molar-refractivity contribution in [2.45, 2.75) is 75.4 Å². The Kier molecular flexibility index (Phi) is 6.67. The van der Waals surface area contributed by atoms with Crippen LogP contribution in [0.3, 0.4) is 0 Å². The second-order valence-corrected chi connectivity index (χ2v) is 8.67. The third-order valence-corrected chi connectivity index (χ3v) is 6.92. The van der Waals surface area contributed by atoms with Crippen LogP contribution >= 0.6 is 0 Å². The molecule has 1 heteroatoms. The third-order valence-electron chi connectivity index (χ3n) is 6.92. The van der Waals surface area contributed by atoms with Crippen molar-refractivity contribution < 1.29 is 4.74 Å². The van der Waals surface area contributed by atoms with Crippen LogP contribution in [0.1, 0.15) is 97.7 Å². The number of hydrogen-bond acceptors (Lipinski definition) is 1. The van der Waals surface area contributed by atoms with E-state index in [2.05, 4.69) is 61.7 Å². The molecule has 2 saturated carbocycles. The molecule has 0 N–H and O–H groups in total. The van der Waals surface area contributed by atoms with E-state index in [0.29, 0.717) is 11.8 Å². The molecule has 0 aromatic heterocycles. The maximum Gasteiger partial charge on any atom is 0.102 e. The first-order valence-electron chi connectivity index (χ1n) is 11.4. The van der Waals surface area contributed by atoms with Crippen molar-refractivity contribution in [3.63, 3.8) is 0 Å². The van der Waals surface area contributed by atoms with Crippen LogP contribution < -0.4 is 0 Å². The largest absolute Gasteiger partial charge is 0.357 e. The molecule has 2 unspecified atom stereocenters. The molecule has 0 spiro atoms. The molecule has 0 saturated heterocycles. The highest BCUT2D eigenvalue weighted by molar-refractivity contribution is 5.37. The van der Waals surface area contributed by atoms with E-state index in [-0.39, 0.29) is 12.2 Å². The fourth-order valence-corrected chi connectivity index (χ4v) is 5.43. The normalized spacial score (nSPS) is 19.9. The smallest absolute Gasteiger partial charge is 0.102 e. The van der Waals surface area contributed by atoms with Crippen molar-refractivity contribution in [3.8, 4) is 0 Å². The Labute approximate surface area is 176 Å². The molecular weight excluding hydrogens is 352 g/mol. The highest BCUT2D eigenvalue weighted by Crippen LogP contribution is 2.42. The van der Waals surface area contributed by atoms with E-state index in [0.717, 1.165) is 0 Å². The molecule has 1 nitrogen and oxygen atoms in total. The van der Waals surface area contributed by atoms with Crippen molar-refractivity contribution in [1.82, 2.24) is 0 Å². The molecule has 2 aromatic rings. The zero-order valence-electron chi connectivity index (χ0n) is 17.6. The van der Waals surface area contributed by atoms with Crippen LogP contribution in [0.4, 0.5) is 0 Å². The highest BCUT2D eigenvalue weighted by atomic mass is 16.5. The first-order chi connectivity index (χ1) is 14.3. The second-order valence-electron chi connectivity index (χ2n) is 8.67. The summed E-state index contributed by atoms with van der Waals surface area (Å²) in [6, 6.07) is 17.6. The SMILES string of the molecule is C=CC(OC(C=C)c1ccccc1C1CCCC1)c1ccccc1C1CCCC1. The van der Waals surface area contributed by atoms with Gasteiger partial charge in [-0.2, -0.15) is 0 Å². The molecule has 2 fully saturated rings. The highest BCUT2D eigenvalue weighted by Gasteiger charge is 2.26. The number of rotatable bonds is 8. The summed E-state index contributed by atoms with van der Waals surface area (Å²) in [5, 5.41) is 0. The second kappa shape index (κ2) is 9.59. The summed E-state index contributed by atoms with van der Waals surface area (Å²) in [5.74, 6) is 1.32. The molecule has 2 aliphatic carbocycles. The van der Waals surface area contributed by atoms with Crippen molar-refractivity contribution in [2.75, 3.05) is 0 Å². The average molecular weight is 387 g/mol. The zero-order valence-corrected chi connectivity index (χ0v) is 17.6. The van der Waals surface area contributed by atoms with E-state index in [1.165, 1.54) is 73.6 Å². The molecule has 152 valence electrons. The van der Waals surface area contributed by atoms with Crippen molar-refractivity contribution in [1.29, 1.82) is 0 Å². The van der Waals surface area contributed by atoms with Gasteiger partial charge in [-0.05, 0) is 59.8 Å². The summed E-state index contributed by atoms with van der Waals surface area (Å²) in [5.41, 5.74) is 5.45. The molecule has 0 radical (unpaired) electrons. The average Bonchev–Trinajstić information content (AvgIpc) is 3.49. The fourth-order valence-electron chi connectivity index (χ4n) is 5.43. The summed E-state index contributed by atoms with van der Waals surface area (Å²) in [4.78, 5) is 0. The van der Waals surface area contributed by atoms with Gasteiger partial charge in [-0.25, -0.2) is 0 Å². The topological polar surface area (TPSA) is 9.23 Å². The quantitative estimate of drug-likeness (QED) is 0.416. The van der Waals surface area contributed by atoms with Crippen molar-refractivity contribution in [3.05, 3.63) is 96.1 Å². The molecular formula is C28H34O. The van der Waals surface area contributed by atoms with Gasteiger partial charge in [0.05, 0.1) is 0 Å². The van der Waals surface area contributed by atoms with Gasteiger partial charge >= 0.3 is 0 Å². The first-order valence-corrected chi connectivity index (χ1v) is 11.4. The monoisotopic (exact) mass is 386 g/mol. The van der Waals surface area contributed by atoms with E-state index in [4.69, 9.17) is 4.74 Å². The summed E-state index contributed by atoms with van der Waals surface area (Å²) in [7, 11) is 0. The van der Waals surface area contributed by atoms with Crippen LogP contribution in [-0.2, 0) is 4.74 Å². The number of hydrogen-bond donors (Lipinski definition) is 0. The van der Waals surface area contributed by atoms with Crippen LogP contribution in [0, 0.1) is 0 Å². The van der Waals surface area contributed by atoms with E-state index < -0.39 is 0 Å². The van der Waals surface area contributed by atoms with Gasteiger partial charge in [-0.1, -0.05) is 86.4 Å². The summed E-state index contributed by atoms with van der Waals surface area (Å²) < 4.78 is 6.69. The van der Waals surface area contributed by atoms with Gasteiger partial charge in [0.25, 0.3) is 0 Å². The minimum Gasteiger partial charge on any atom is -0.357 e. The van der Waals surface area contributed by atoms with Gasteiger partial charge in [0.1, 0.15) is 12.2 Å². The maximum absolute atomic E-state index is 6.69.